The van der Waals surface area contributed by atoms with Crippen LogP contribution in [-0.2, 0) is 16.1 Å². The first-order valence-corrected chi connectivity index (χ1v) is 13.4. The molecule has 1 aromatic carbocycles. The summed E-state index contributed by atoms with van der Waals surface area (Å²) in [5.41, 5.74) is 1.12. The maximum atomic E-state index is 15.1. The highest BCUT2D eigenvalue weighted by Crippen LogP contribution is 2.37. The molecule has 2 aliphatic rings. The third-order valence-electron chi connectivity index (χ3n) is 6.86. The van der Waals surface area contributed by atoms with E-state index < -0.39 is 23.7 Å². The molecule has 1 aliphatic carbocycles. The Hall–Kier alpha value is -4.58. The molecule has 12 heteroatoms. The van der Waals surface area contributed by atoms with Crippen molar-refractivity contribution in [3.63, 3.8) is 0 Å². The van der Waals surface area contributed by atoms with E-state index >= 15 is 4.39 Å². The molecule has 214 valence electrons. The molecule has 1 fully saturated rings. The summed E-state index contributed by atoms with van der Waals surface area (Å²) in [6.07, 6.45) is 11.0. The first-order chi connectivity index (χ1) is 20.0. The van der Waals surface area contributed by atoms with Gasteiger partial charge in [0.15, 0.2) is 17.3 Å². The molecule has 1 aliphatic heterocycles. The Morgan fingerprint density at radius 1 is 1.07 bits per heavy atom. The van der Waals surface area contributed by atoms with Crippen LogP contribution in [0.1, 0.15) is 25.0 Å². The normalized spacial score (nSPS) is 17.3. The van der Waals surface area contributed by atoms with Gasteiger partial charge in [0.25, 0.3) is 0 Å². The number of piperidine rings is 1. The minimum Gasteiger partial charge on any atom is -0.493 e. The molecule has 1 saturated heterocycles. The van der Waals surface area contributed by atoms with Crippen LogP contribution >= 0.6 is 0 Å². The zero-order valence-corrected chi connectivity index (χ0v) is 22.6. The molecule has 0 saturated carbocycles. The number of nitrogens with zero attached hydrogens (tertiary/aromatic N) is 3. The van der Waals surface area contributed by atoms with Gasteiger partial charge in [-0.15, -0.1) is 0 Å². The highest BCUT2D eigenvalue weighted by Gasteiger charge is 2.24. The van der Waals surface area contributed by atoms with E-state index in [1.54, 1.807) is 37.6 Å². The van der Waals surface area contributed by atoms with E-state index in [9.17, 15) is 9.59 Å². The number of rotatable bonds is 9. The third-order valence-corrected chi connectivity index (χ3v) is 6.86. The topological polar surface area (TPSA) is 137 Å². The molecule has 5 rings (SSSR count). The number of hydrogen-bond donors (Lipinski definition) is 3. The molecule has 0 radical (unpaired) electrons. The molecule has 0 bridgehead atoms. The number of methoxy groups -OCH3 is 1. The Bertz CT molecular complexity index is 1460. The molecule has 2 amide bonds. The Morgan fingerprint density at radius 2 is 1.93 bits per heavy atom. The average molecular weight is 563 g/mol. The Balaban J connectivity index is 1.21. The predicted octanol–water partition coefficient (Wildman–Crippen LogP) is 2.73. The Kier molecular flexibility index (Phi) is 8.99. The van der Waals surface area contributed by atoms with Crippen LogP contribution < -0.4 is 30.2 Å². The molecular formula is C29H31FN6O5. The monoisotopic (exact) mass is 562 g/mol. The van der Waals surface area contributed by atoms with E-state index in [0.717, 1.165) is 25.9 Å². The number of hydrogen-bond acceptors (Lipinski definition) is 9. The Morgan fingerprint density at radius 3 is 2.68 bits per heavy atom. The van der Waals surface area contributed by atoms with Crippen LogP contribution in [0.5, 0.6) is 17.2 Å². The van der Waals surface area contributed by atoms with Gasteiger partial charge in [-0.25, -0.2) is 4.39 Å². The molecule has 1 unspecified atom stereocenters. The molecule has 11 nitrogen and oxygen atoms in total. The highest BCUT2D eigenvalue weighted by molar-refractivity contribution is 6.35. The van der Waals surface area contributed by atoms with Crippen molar-refractivity contribution >= 4 is 22.7 Å². The van der Waals surface area contributed by atoms with Crippen molar-refractivity contribution in [2.75, 3.05) is 26.8 Å². The van der Waals surface area contributed by atoms with Crippen LogP contribution in [0, 0.1) is 5.92 Å². The van der Waals surface area contributed by atoms with E-state index in [-0.39, 0.29) is 18.7 Å². The quantitative estimate of drug-likeness (QED) is 0.336. The fourth-order valence-electron chi connectivity index (χ4n) is 4.61. The first kappa shape index (κ1) is 28.0. The molecular weight excluding hydrogens is 531 g/mol. The van der Waals surface area contributed by atoms with Crippen molar-refractivity contribution in [1.82, 2.24) is 30.9 Å². The highest BCUT2D eigenvalue weighted by atomic mass is 19.1. The summed E-state index contributed by atoms with van der Waals surface area (Å²) in [5.74, 6) is -0.336. The van der Waals surface area contributed by atoms with Gasteiger partial charge < -0.3 is 30.2 Å². The summed E-state index contributed by atoms with van der Waals surface area (Å²) in [6.45, 7) is 2.60. The number of ether oxygens (including phenoxy) is 3. The number of aromatic nitrogens is 3. The lowest BCUT2D eigenvalue weighted by Crippen LogP contribution is -2.44. The van der Waals surface area contributed by atoms with Gasteiger partial charge in [-0.05, 0) is 50.1 Å². The van der Waals surface area contributed by atoms with Crippen molar-refractivity contribution in [3.8, 4) is 17.2 Å². The number of pyridine rings is 1. The van der Waals surface area contributed by atoms with Crippen molar-refractivity contribution in [2.24, 2.45) is 5.92 Å². The van der Waals surface area contributed by atoms with Gasteiger partial charge in [0.2, 0.25) is 0 Å². The van der Waals surface area contributed by atoms with Gasteiger partial charge in [0, 0.05) is 36.5 Å². The fourth-order valence-corrected chi connectivity index (χ4v) is 4.61. The van der Waals surface area contributed by atoms with Gasteiger partial charge in [-0.2, -0.15) is 0 Å². The fraction of sp³-hybridized carbons (Fsp3) is 0.345. The number of amides is 2. The summed E-state index contributed by atoms with van der Waals surface area (Å²) in [4.78, 5) is 36.8. The van der Waals surface area contributed by atoms with Crippen LogP contribution in [-0.4, -0.2) is 59.6 Å². The maximum Gasteiger partial charge on any atom is 0.309 e. The van der Waals surface area contributed by atoms with E-state index in [4.69, 9.17) is 14.2 Å². The minimum atomic E-state index is -0.883. The zero-order chi connectivity index (χ0) is 28.6. The minimum absolute atomic E-state index is 0.000281. The summed E-state index contributed by atoms with van der Waals surface area (Å²) in [5, 5.41) is 8.95. The van der Waals surface area contributed by atoms with E-state index in [2.05, 4.69) is 30.9 Å². The lowest BCUT2D eigenvalue weighted by Gasteiger charge is -2.23. The smallest absolute Gasteiger partial charge is 0.309 e. The van der Waals surface area contributed by atoms with E-state index in [0.29, 0.717) is 46.4 Å². The van der Waals surface area contributed by atoms with Crippen molar-refractivity contribution < 1.29 is 28.2 Å². The van der Waals surface area contributed by atoms with Crippen LogP contribution in [0.4, 0.5) is 4.39 Å². The van der Waals surface area contributed by atoms with Gasteiger partial charge >= 0.3 is 11.8 Å². The second kappa shape index (κ2) is 13.2. The SMILES string of the molecule is COc1cc2c(OC3=C(F)CC(NC(=O)C(=O)NCc4cnccn4)C=C3)ccnc2cc1OCC1CCNCC1. The maximum absolute atomic E-state index is 15.1. The van der Waals surface area contributed by atoms with Gasteiger partial charge in [0.1, 0.15) is 11.6 Å². The Labute approximate surface area is 236 Å². The summed E-state index contributed by atoms with van der Waals surface area (Å²) >= 11 is 0. The third kappa shape index (κ3) is 7.14. The lowest BCUT2D eigenvalue weighted by atomic mass is 9.99. The molecule has 3 N–H and O–H groups in total. The van der Waals surface area contributed by atoms with Crippen molar-refractivity contribution in [2.45, 2.75) is 31.8 Å². The van der Waals surface area contributed by atoms with Gasteiger partial charge in [0.05, 0.1) is 43.7 Å². The van der Waals surface area contributed by atoms with Gasteiger partial charge in [-0.1, -0.05) is 6.08 Å². The molecule has 0 spiro atoms. The molecule has 1 atom stereocenters. The number of carbonyl (C=O) groups excluding carboxylic acids is 2. The standard InChI is InChI=1S/C29H31FN6O5/c1-39-26-13-21-23(14-27(26)40-17-18-4-7-31-8-5-18)34-9-6-24(21)41-25-3-2-19(12-22(25)30)36-29(38)28(37)35-16-20-15-32-10-11-33-20/h2-3,6,9-11,13-15,18-19,31H,4-5,7-8,12,16-17H2,1H3,(H,35,37)(H,36,38). The van der Waals surface area contributed by atoms with Crippen molar-refractivity contribution in [1.29, 1.82) is 0 Å². The number of benzene rings is 1. The number of allylic oxidation sites excluding steroid dienone is 1. The van der Waals surface area contributed by atoms with Gasteiger partial charge in [-0.3, -0.25) is 24.5 Å². The van der Waals surface area contributed by atoms with E-state index in [1.807, 2.05) is 0 Å². The van der Waals surface area contributed by atoms with Crippen LogP contribution in [0.2, 0.25) is 0 Å². The average Bonchev–Trinajstić information content (AvgIpc) is 3.00. The number of halogens is 1. The van der Waals surface area contributed by atoms with Crippen LogP contribution in [0.3, 0.4) is 0 Å². The molecule has 3 aromatic rings. The largest absolute Gasteiger partial charge is 0.493 e. The van der Waals surface area contributed by atoms with Crippen LogP contribution in [0.25, 0.3) is 10.9 Å². The van der Waals surface area contributed by atoms with E-state index in [1.165, 1.54) is 24.7 Å². The summed E-state index contributed by atoms with van der Waals surface area (Å²) < 4.78 is 32.7. The second-order valence-electron chi connectivity index (χ2n) is 9.73. The summed E-state index contributed by atoms with van der Waals surface area (Å²) in [7, 11) is 1.56. The lowest BCUT2D eigenvalue weighted by molar-refractivity contribution is -0.139. The summed E-state index contributed by atoms with van der Waals surface area (Å²) in [6, 6.07) is 4.49. The number of nitrogens with one attached hydrogen (secondary N) is 3. The second-order valence-corrected chi connectivity index (χ2v) is 9.73. The van der Waals surface area contributed by atoms with Crippen molar-refractivity contribution in [3.05, 3.63) is 72.4 Å². The molecule has 41 heavy (non-hydrogen) atoms. The number of fused-ring (bicyclic) bond motifs is 1. The first-order valence-electron chi connectivity index (χ1n) is 13.4. The van der Waals surface area contributed by atoms with Crippen LogP contribution in [0.15, 0.2) is 66.7 Å². The molecule has 3 heterocycles. The number of carbonyl (C=O) groups is 2. The zero-order valence-electron chi connectivity index (χ0n) is 22.6. The predicted molar refractivity (Wildman–Crippen MR) is 148 cm³/mol. The molecule has 2 aromatic heterocycles.